The zero-order valence-corrected chi connectivity index (χ0v) is 22.0. The van der Waals surface area contributed by atoms with Gasteiger partial charge in [-0.05, 0) is 62.9 Å². The van der Waals surface area contributed by atoms with Crippen LogP contribution in [-0.4, -0.2) is 27.0 Å². The van der Waals surface area contributed by atoms with Crippen molar-refractivity contribution >= 4 is 45.3 Å². The second-order valence-corrected chi connectivity index (χ2v) is 13.1. The fourth-order valence-corrected chi connectivity index (χ4v) is 5.95. The number of fused-ring (bicyclic) bond motifs is 1. The van der Waals surface area contributed by atoms with E-state index in [1.807, 2.05) is 57.2 Å². The maximum Gasteiger partial charge on any atom is 0.236 e. The molecule has 2 atom stereocenters. The van der Waals surface area contributed by atoms with E-state index in [2.05, 4.69) is 15.0 Å². The second-order valence-electron chi connectivity index (χ2n) is 9.63. The van der Waals surface area contributed by atoms with Crippen LogP contribution in [0.15, 0.2) is 48.7 Å². The Balaban J connectivity index is 1.37. The molecule has 3 aromatic rings. The molecule has 1 aromatic heterocycles. The number of nitrogens with zero attached hydrogens (tertiary/aromatic N) is 1. The van der Waals surface area contributed by atoms with Gasteiger partial charge < -0.3 is 19.3 Å². The van der Waals surface area contributed by atoms with Crippen LogP contribution in [0.2, 0.25) is 5.02 Å². The predicted molar refractivity (Wildman–Crippen MR) is 139 cm³/mol. The molecular weight excluding hydrogens is 506 g/mol. The molecular formula is C25H26ClN3O4S2. The first-order valence-electron chi connectivity index (χ1n) is 11.3. The first-order valence-corrected chi connectivity index (χ1v) is 13.6. The Kier molecular flexibility index (Phi) is 6.48. The number of ether oxygens (including phenoxy) is 2. The summed E-state index contributed by atoms with van der Waals surface area (Å²) in [6.45, 7) is 5.91. The molecule has 35 heavy (non-hydrogen) atoms. The van der Waals surface area contributed by atoms with E-state index in [0.29, 0.717) is 21.7 Å². The summed E-state index contributed by atoms with van der Waals surface area (Å²) in [4.78, 5) is 18.6. The molecule has 1 aliphatic carbocycles. The molecule has 0 bridgehead atoms. The van der Waals surface area contributed by atoms with Crippen LogP contribution in [-0.2, 0) is 21.6 Å². The molecule has 1 unspecified atom stereocenters. The number of nitrogens with one attached hydrogen (secondary N) is 2. The molecule has 0 saturated heterocycles. The van der Waals surface area contributed by atoms with Crippen molar-refractivity contribution in [2.45, 2.75) is 49.8 Å². The summed E-state index contributed by atoms with van der Waals surface area (Å²) in [5, 5.41) is 4.04. The van der Waals surface area contributed by atoms with Crippen LogP contribution in [0.3, 0.4) is 0 Å². The number of amides is 1. The fraction of sp³-hybridized carbons (Fsp3) is 0.360. The summed E-state index contributed by atoms with van der Waals surface area (Å²) in [6.07, 6.45) is 3.21. The molecule has 10 heteroatoms. The highest BCUT2D eigenvalue weighted by atomic mass is 35.5. The molecule has 0 radical (unpaired) electrons. The van der Waals surface area contributed by atoms with Gasteiger partial charge in [-0.2, -0.15) is 0 Å². The number of halogens is 1. The van der Waals surface area contributed by atoms with Gasteiger partial charge in [-0.15, -0.1) is 4.72 Å². The smallest absolute Gasteiger partial charge is 0.236 e. The van der Waals surface area contributed by atoms with Crippen molar-refractivity contribution in [3.8, 4) is 11.5 Å². The highest BCUT2D eigenvalue weighted by Gasteiger charge is 2.52. The van der Waals surface area contributed by atoms with Crippen molar-refractivity contribution in [3.05, 3.63) is 69.7 Å². The second kappa shape index (κ2) is 9.29. The lowest BCUT2D eigenvalue weighted by molar-refractivity contribution is -0.118. The maximum atomic E-state index is 13.3. The Morgan fingerprint density at radius 3 is 2.66 bits per heavy atom. The minimum atomic E-state index is -1.35. The molecule has 2 N–H and O–H groups in total. The van der Waals surface area contributed by atoms with Crippen LogP contribution in [0.25, 0.3) is 0 Å². The number of aromatic nitrogens is 1. The van der Waals surface area contributed by atoms with Crippen LogP contribution in [0.4, 0.5) is 5.13 Å². The van der Waals surface area contributed by atoms with Gasteiger partial charge in [-0.25, -0.2) is 4.98 Å². The summed E-state index contributed by atoms with van der Waals surface area (Å²) in [6, 6.07) is 12.7. The summed E-state index contributed by atoms with van der Waals surface area (Å²) >= 11 is 6.49. The van der Waals surface area contributed by atoms with E-state index in [-0.39, 0.29) is 12.7 Å². The van der Waals surface area contributed by atoms with E-state index in [1.165, 1.54) is 11.3 Å². The monoisotopic (exact) mass is 531 g/mol. The molecule has 1 aliphatic heterocycles. The van der Waals surface area contributed by atoms with Gasteiger partial charge in [0.1, 0.15) is 10.8 Å². The zero-order chi connectivity index (χ0) is 24.8. The molecule has 5 rings (SSSR count). The standard InChI is InChI=1S/C25H26ClN3O4S2/c1-24(2,3)35(31)29-21(16-6-4-5-7-17(16)26)20-13-27-23(34-20)28-22(30)25(10-11-25)15-8-9-18-19(12-15)33-14-32-18/h4-9,12-13,21,29H,10-11,14H2,1-3H3,(H,27,28,30)/t21-,35?/m0/s1. The van der Waals surface area contributed by atoms with E-state index in [9.17, 15) is 9.35 Å². The number of thiazole rings is 1. The first kappa shape index (κ1) is 24.4. The average Bonchev–Trinajstić information content (AvgIpc) is 3.28. The minimum Gasteiger partial charge on any atom is -0.598 e. The normalized spacial score (nSPS) is 17.6. The highest BCUT2D eigenvalue weighted by molar-refractivity contribution is 7.90. The number of benzene rings is 2. The van der Waals surface area contributed by atoms with Gasteiger partial charge in [-0.3, -0.25) is 4.79 Å². The molecule has 1 saturated carbocycles. The fourth-order valence-electron chi connectivity index (χ4n) is 3.93. The van der Waals surface area contributed by atoms with Crippen molar-refractivity contribution in [2.24, 2.45) is 0 Å². The Bertz CT molecular complexity index is 1260. The first-order chi connectivity index (χ1) is 16.7. The summed E-state index contributed by atoms with van der Waals surface area (Å²) < 4.78 is 26.6. The molecule has 2 aromatic carbocycles. The number of hydrogen-bond acceptors (Lipinski definition) is 7. The van der Waals surface area contributed by atoms with E-state index in [4.69, 9.17) is 21.1 Å². The largest absolute Gasteiger partial charge is 0.598 e. The lowest BCUT2D eigenvalue weighted by Crippen LogP contribution is -2.41. The Hall–Kier alpha value is -2.30. The van der Waals surface area contributed by atoms with Gasteiger partial charge in [0.15, 0.2) is 16.6 Å². The summed E-state index contributed by atoms with van der Waals surface area (Å²) in [5.41, 5.74) is 1.11. The van der Waals surface area contributed by atoms with Gasteiger partial charge in [0.2, 0.25) is 12.7 Å². The molecule has 2 heterocycles. The van der Waals surface area contributed by atoms with Gasteiger partial charge in [0, 0.05) is 22.6 Å². The van der Waals surface area contributed by atoms with Crippen molar-refractivity contribution in [1.82, 2.24) is 9.71 Å². The zero-order valence-electron chi connectivity index (χ0n) is 19.6. The van der Waals surface area contributed by atoms with Crippen molar-refractivity contribution in [3.63, 3.8) is 0 Å². The topological polar surface area (TPSA) is 95.5 Å². The number of rotatable bonds is 7. The van der Waals surface area contributed by atoms with Crippen LogP contribution >= 0.6 is 22.9 Å². The van der Waals surface area contributed by atoms with E-state index in [0.717, 1.165) is 28.8 Å². The maximum absolute atomic E-state index is 13.3. The number of hydrogen-bond donors (Lipinski definition) is 2. The molecule has 184 valence electrons. The van der Waals surface area contributed by atoms with E-state index < -0.39 is 27.6 Å². The van der Waals surface area contributed by atoms with Crippen LogP contribution in [0.1, 0.15) is 55.7 Å². The summed E-state index contributed by atoms with van der Waals surface area (Å²) in [5.74, 6) is 1.26. The number of anilines is 1. The van der Waals surface area contributed by atoms with E-state index in [1.54, 1.807) is 12.3 Å². The third-order valence-corrected chi connectivity index (χ3v) is 9.02. The quantitative estimate of drug-likeness (QED) is 0.400. The molecule has 0 spiro atoms. The van der Waals surface area contributed by atoms with E-state index >= 15 is 0 Å². The van der Waals surface area contributed by atoms with Gasteiger partial charge >= 0.3 is 0 Å². The molecule has 1 fully saturated rings. The van der Waals surface area contributed by atoms with Gasteiger partial charge in [-0.1, -0.05) is 47.2 Å². The van der Waals surface area contributed by atoms with Crippen molar-refractivity contribution in [2.75, 3.05) is 12.1 Å². The molecule has 7 nitrogen and oxygen atoms in total. The van der Waals surface area contributed by atoms with Gasteiger partial charge in [0.25, 0.3) is 0 Å². The Morgan fingerprint density at radius 1 is 1.20 bits per heavy atom. The molecule has 1 amide bonds. The summed E-state index contributed by atoms with van der Waals surface area (Å²) in [7, 11) is 0. The van der Waals surface area contributed by atoms with Crippen LogP contribution in [0, 0.1) is 0 Å². The highest BCUT2D eigenvalue weighted by Crippen LogP contribution is 2.51. The lowest BCUT2D eigenvalue weighted by atomic mass is 9.94. The van der Waals surface area contributed by atoms with Crippen molar-refractivity contribution < 1.29 is 18.8 Å². The lowest BCUT2D eigenvalue weighted by Gasteiger charge is -2.28. The number of carbonyl (C=O) groups is 1. The average molecular weight is 532 g/mol. The SMILES string of the molecule is CC(C)(C)[S+]([O-])N[C@H](c1cnc(NC(=O)C2(c3ccc4c(c3)OCO4)CC2)s1)c1ccccc1Cl. The third-order valence-electron chi connectivity index (χ3n) is 6.14. The van der Waals surface area contributed by atoms with Crippen LogP contribution < -0.4 is 19.5 Å². The number of carbonyl (C=O) groups excluding carboxylic acids is 1. The predicted octanol–water partition coefficient (Wildman–Crippen LogP) is 5.34. The Labute approximate surface area is 216 Å². The van der Waals surface area contributed by atoms with Crippen LogP contribution in [0.5, 0.6) is 11.5 Å². The Morgan fingerprint density at radius 2 is 1.94 bits per heavy atom. The molecule has 2 aliphatic rings. The minimum absolute atomic E-state index is 0.0993. The van der Waals surface area contributed by atoms with Crippen molar-refractivity contribution in [1.29, 1.82) is 0 Å². The third kappa shape index (κ3) is 4.88. The van der Waals surface area contributed by atoms with Gasteiger partial charge in [0.05, 0.1) is 10.3 Å².